The number of fused-ring (bicyclic) bond motifs is 1. The lowest BCUT2D eigenvalue weighted by Gasteiger charge is -2.29. The van der Waals surface area contributed by atoms with Crippen molar-refractivity contribution in [3.8, 4) is 5.75 Å². The van der Waals surface area contributed by atoms with Crippen molar-refractivity contribution in [1.29, 1.82) is 0 Å². The Morgan fingerprint density at radius 2 is 1.82 bits per heavy atom. The van der Waals surface area contributed by atoms with E-state index in [-0.39, 0.29) is 23.7 Å². The van der Waals surface area contributed by atoms with Crippen LogP contribution in [-0.4, -0.2) is 49.4 Å². The number of benzene rings is 2. The summed E-state index contributed by atoms with van der Waals surface area (Å²) in [4.78, 5) is 27.1. The number of amides is 2. The van der Waals surface area contributed by atoms with Gasteiger partial charge in [-0.2, -0.15) is 4.31 Å². The van der Waals surface area contributed by atoms with Crippen molar-refractivity contribution in [1.82, 2.24) is 9.79 Å². The first-order valence-electron chi connectivity index (χ1n) is 9.90. The number of sulfonamides is 1. The van der Waals surface area contributed by atoms with Gasteiger partial charge in [-0.15, -0.1) is 0 Å². The molecule has 11 heteroatoms. The maximum atomic E-state index is 13.6. The van der Waals surface area contributed by atoms with E-state index < -0.39 is 27.9 Å². The highest BCUT2D eigenvalue weighted by atomic mass is 32.2. The van der Waals surface area contributed by atoms with Crippen LogP contribution in [0.4, 0.5) is 5.69 Å². The summed E-state index contributed by atoms with van der Waals surface area (Å²) in [6.07, 6.45) is 1.34. The fraction of sp³-hybridized carbons (Fsp3) is 0.182. The molecule has 2 amide bonds. The van der Waals surface area contributed by atoms with Crippen LogP contribution in [0.5, 0.6) is 5.75 Å². The van der Waals surface area contributed by atoms with Crippen LogP contribution in [0.15, 0.2) is 76.2 Å². The van der Waals surface area contributed by atoms with Gasteiger partial charge in [0.1, 0.15) is 11.8 Å². The Morgan fingerprint density at radius 3 is 2.45 bits per heavy atom. The third-order valence-electron chi connectivity index (χ3n) is 5.37. The number of hydrogen-bond acceptors (Lipinski definition) is 7. The number of para-hydroxylation sites is 1. The highest BCUT2D eigenvalue weighted by Gasteiger charge is 2.42. The van der Waals surface area contributed by atoms with Crippen LogP contribution >= 0.6 is 0 Å². The van der Waals surface area contributed by atoms with E-state index in [1.54, 1.807) is 30.3 Å². The van der Waals surface area contributed by atoms with Crippen LogP contribution in [0.2, 0.25) is 0 Å². The topological polar surface area (TPSA) is 129 Å². The fourth-order valence-corrected chi connectivity index (χ4v) is 5.25. The molecule has 2 N–H and O–H groups in total. The molecule has 1 unspecified atom stereocenters. The first-order valence-corrected chi connectivity index (χ1v) is 11.3. The Morgan fingerprint density at radius 1 is 1.09 bits per heavy atom. The molecule has 0 bridgehead atoms. The molecular weight excluding hydrogens is 450 g/mol. The van der Waals surface area contributed by atoms with Crippen LogP contribution in [0.1, 0.15) is 16.1 Å². The molecule has 1 aromatic heterocycles. The first kappa shape index (κ1) is 22.5. The average molecular weight is 471 g/mol. The molecule has 0 fully saturated rings. The van der Waals surface area contributed by atoms with E-state index in [1.165, 1.54) is 54.1 Å². The van der Waals surface area contributed by atoms with E-state index in [9.17, 15) is 23.2 Å². The summed E-state index contributed by atoms with van der Waals surface area (Å²) in [5.74, 6) is -1.03. The van der Waals surface area contributed by atoms with Gasteiger partial charge in [-0.25, -0.2) is 13.9 Å². The molecule has 2 heterocycles. The number of nitrogens with zero attached hydrogens (tertiary/aromatic N) is 2. The summed E-state index contributed by atoms with van der Waals surface area (Å²) in [7, 11) is -2.76. The zero-order chi connectivity index (χ0) is 23.6. The molecule has 2 aromatic carbocycles. The van der Waals surface area contributed by atoms with Gasteiger partial charge in [-0.05, 0) is 48.0 Å². The lowest BCUT2D eigenvalue weighted by Crippen LogP contribution is -2.53. The monoisotopic (exact) mass is 471 g/mol. The summed E-state index contributed by atoms with van der Waals surface area (Å²) in [6.45, 7) is -0.553. The molecule has 4 rings (SSSR count). The van der Waals surface area contributed by atoms with E-state index in [1.807, 2.05) is 0 Å². The van der Waals surface area contributed by atoms with Crippen molar-refractivity contribution < 1.29 is 32.4 Å². The van der Waals surface area contributed by atoms with Gasteiger partial charge in [0.05, 0.1) is 24.8 Å². The van der Waals surface area contributed by atoms with E-state index in [0.717, 1.165) is 4.31 Å². The molecular formula is C22H21N3O7S. The quantitative estimate of drug-likeness (QED) is 0.430. The van der Waals surface area contributed by atoms with Gasteiger partial charge in [0.25, 0.3) is 11.8 Å². The summed E-state index contributed by atoms with van der Waals surface area (Å²) in [5, 5.41) is 9.37. The number of carbonyl (C=O) groups excluding carboxylic acids is 2. The molecule has 3 aromatic rings. The zero-order valence-corrected chi connectivity index (χ0v) is 18.4. The second-order valence-corrected chi connectivity index (χ2v) is 9.13. The summed E-state index contributed by atoms with van der Waals surface area (Å²) >= 11 is 0. The second-order valence-electron chi connectivity index (χ2n) is 7.24. The number of nitrogens with one attached hydrogen (secondary N) is 1. The van der Waals surface area contributed by atoms with Gasteiger partial charge in [-0.1, -0.05) is 18.2 Å². The summed E-state index contributed by atoms with van der Waals surface area (Å²) in [5.41, 5.74) is 2.46. The minimum absolute atomic E-state index is 0.0272. The minimum atomic E-state index is -4.22. The largest absolute Gasteiger partial charge is 0.497 e. The van der Waals surface area contributed by atoms with Gasteiger partial charge in [-0.3, -0.25) is 14.8 Å². The maximum absolute atomic E-state index is 13.6. The van der Waals surface area contributed by atoms with Gasteiger partial charge in [0.2, 0.25) is 10.0 Å². The van der Waals surface area contributed by atoms with Crippen LogP contribution in [0, 0.1) is 0 Å². The van der Waals surface area contributed by atoms with Crippen LogP contribution in [0.25, 0.3) is 0 Å². The molecule has 0 saturated heterocycles. The average Bonchev–Trinajstić information content (AvgIpc) is 3.32. The maximum Gasteiger partial charge on any atom is 0.294 e. The Balaban J connectivity index is 1.82. The molecule has 0 radical (unpaired) electrons. The predicted octanol–water partition coefficient (Wildman–Crippen LogP) is 2.01. The third-order valence-corrected chi connectivity index (χ3v) is 7.24. The normalized spacial score (nSPS) is 16.5. The lowest BCUT2D eigenvalue weighted by atomic mass is 10.1. The first-order chi connectivity index (χ1) is 15.9. The molecule has 33 heavy (non-hydrogen) atoms. The third kappa shape index (κ3) is 4.21. The van der Waals surface area contributed by atoms with E-state index in [2.05, 4.69) is 0 Å². The Labute approximate surface area is 190 Å². The van der Waals surface area contributed by atoms with Crippen molar-refractivity contribution in [2.75, 3.05) is 18.6 Å². The number of hydrogen-bond donors (Lipinski definition) is 2. The number of ether oxygens (including phenoxy) is 1. The number of rotatable bonds is 5. The van der Waals surface area contributed by atoms with Crippen molar-refractivity contribution in [3.05, 3.63) is 78.3 Å². The van der Waals surface area contributed by atoms with E-state index in [4.69, 9.17) is 9.15 Å². The van der Waals surface area contributed by atoms with Crippen LogP contribution < -0.4 is 15.1 Å². The van der Waals surface area contributed by atoms with Gasteiger partial charge in [0.15, 0.2) is 5.76 Å². The number of hydroxylamine groups is 1. The smallest absolute Gasteiger partial charge is 0.294 e. The molecule has 1 atom stereocenters. The number of methoxy groups -OCH3 is 1. The molecule has 0 aliphatic carbocycles. The summed E-state index contributed by atoms with van der Waals surface area (Å²) in [6, 6.07) is 14.1. The van der Waals surface area contributed by atoms with E-state index >= 15 is 0 Å². The number of furan rings is 1. The molecule has 1 aliphatic heterocycles. The predicted molar refractivity (Wildman–Crippen MR) is 116 cm³/mol. The molecule has 0 saturated carbocycles. The van der Waals surface area contributed by atoms with Crippen molar-refractivity contribution >= 4 is 27.5 Å². The highest BCUT2D eigenvalue weighted by Crippen LogP contribution is 2.32. The van der Waals surface area contributed by atoms with Gasteiger partial charge in [0, 0.05) is 12.2 Å². The van der Waals surface area contributed by atoms with Crippen molar-refractivity contribution in [2.45, 2.75) is 17.5 Å². The summed E-state index contributed by atoms with van der Waals surface area (Å²) < 4.78 is 38.5. The fourth-order valence-electron chi connectivity index (χ4n) is 3.70. The molecule has 1 aliphatic rings. The SMILES string of the molecule is COc1ccc(S(=O)(=O)N2Cc3ccccc3N(C(=O)c3ccco3)CC2C(=O)NO)cc1. The van der Waals surface area contributed by atoms with Gasteiger partial charge >= 0.3 is 0 Å². The van der Waals surface area contributed by atoms with Crippen molar-refractivity contribution in [3.63, 3.8) is 0 Å². The number of anilines is 1. The minimum Gasteiger partial charge on any atom is -0.497 e. The lowest BCUT2D eigenvalue weighted by molar-refractivity contribution is -0.133. The van der Waals surface area contributed by atoms with Crippen LogP contribution in [0.3, 0.4) is 0 Å². The number of carbonyl (C=O) groups is 2. The molecule has 172 valence electrons. The van der Waals surface area contributed by atoms with Crippen LogP contribution in [-0.2, 0) is 21.4 Å². The Kier molecular flexibility index (Phi) is 6.18. The second kappa shape index (κ2) is 9.06. The Hall–Kier alpha value is -3.67. The van der Waals surface area contributed by atoms with Crippen molar-refractivity contribution in [2.24, 2.45) is 0 Å². The highest BCUT2D eigenvalue weighted by molar-refractivity contribution is 7.89. The Bertz CT molecular complexity index is 1260. The molecule has 10 nitrogen and oxygen atoms in total. The molecule has 0 spiro atoms. The van der Waals surface area contributed by atoms with E-state index in [0.29, 0.717) is 17.0 Å². The van der Waals surface area contributed by atoms with Gasteiger partial charge < -0.3 is 14.1 Å². The zero-order valence-electron chi connectivity index (χ0n) is 17.5. The standard InChI is InChI=1S/C22H21N3O7S/c1-31-16-8-10-17(11-9-16)33(29,30)25-13-15-5-2-3-6-18(15)24(14-19(25)21(26)23-28)22(27)20-7-4-12-32-20/h2-12,19,28H,13-14H2,1H3,(H,23,26).